The summed E-state index contributed by atoms with van der Waals surface area (Å²) in [5.41, 5.74) is -0.00996. The van der Waals surface area contributed by atoms with Gasteiger partial charge in [0.2, 0.25) is 0 Å². The zero-order valence-electron chi connectivity index (χ0n) is 10.5. The monoisotopic (exact) mass is 346 g/mol. The number of nitro groups is 1. The van der Waals surface area contributed by atoms with E-state index in [1.807, 2.05) is 0 Å². The molecule has 1 unspecified atom stereocenters. The first kappa shape index (κ1) is 14.7. The molecule has 1 aromatic carbocycles. The van der Waals surface area contributed by atoms with E-state index in [0.717, 1.165) is 6.07 Å². The van der Waals surface area contributed by atoms with E-state index in [9.17, 15) is 19.3 Å². The standard InChI is InChI=1S/C12H12BrFN2O4/c1-6(12(17)18)7-4-15(5-7)10-2-8(13)9(14)3-11(10)16(19)20/h2-3,6-7H,4-5H2,1H3,(H,17,18). The van der Waals surface area contributed by atoms with E-state index in [-0.39, 0.29) is 16.1 Å². The minimum Gasteiger partial charge on any atom is -0.481 e. The molecule has 20 heavy (non-hydrogen) atoms. The molecule has 1 aliphatic rings. The van der Waals surface area contributed by atoms with Gasteiger partial charge in [0.1, 0.15) is 11.5 Å². The van der Waals surface area contributed by atoms with E-state index in [1.54, 1.807) is 11.8 Å². The molecule has 6 nitrogen and oxygen atoms in total. The average molecular weight is 347 g/mol. The van der Waals surface area contributed by atoms with Gasteiger partial charge in [-0.15, -0.1) is 0 Å². The van der Waals surface area contributed by atoms with Crippen molar-refractivity contribution < 1.29 is 19.2 Å². The number of nitro benzene ring substituents is 1. The number of halogens is 2. The van der Waals surface area contributed by atoms with Crippen LogP contribution in [0.4, 0.5) is 15.8 Å². The SMILES string of the molecule is CC(C(=O)O)C1CN(c2cc(Br)c(F)cc2[N+](=O)[O-])C1. The molecule has 0 aliphatic carbocycles. The Bertz CT molecular complexity index is 575. The first-order valence-corrected chi connectivity index (χ1v) is 6.71. The lowest BCUT2D eigenvalue weighted by Gasteiger charge is -2.42. The van der Waals surface area contributed by atoms with Gasteiger partial charge in [-0.05, 0) is 22.0 Å². The van der Waals surface area contributed by atoms with Crippen molar-refractivity contribution in [3.63, 3.8) is 0 Å². The topological polar surface area (TPSA) is 83.7 Å². The first-order chi connectivity index (χ1) is 9.31. The molecule has 1 saturated heterocycles. The summed E-state index contributed by atoms with van der Waals surface area (Å²) < 4.78 is 13.5. The maximum Gasteiger partial charge on any atom is 0.306 e. The summed E-state index contributed by atoms with van der Waals surface area (Å²) in [7, 11) is 0. The Labute approximate surface area is 122 Å². The number of aliphatic carboxylic acids is 1. The van der Waals surface area contributed by atoms with Crippen molar-refractivity contribution in [3.8, 4) is 0 Å². The summed E-state index contributed by atoms with van der Waals surface area (Å²) in [4.78, 5) is 22.9. The Balaban J connectivity index is 2.21. The highest BCUT2D eigenvalue weighted by Gasteiger charge is 2.37. The predicted molar refractivity (Wildman–Crippen MR) is 73.3 cm³/mol. The Morgan fingerprint density at radius 1 is 1.60 bits per heavy atom. The fourth-order valence-electron chi connectivity index (χ4n) is 2.15. The minimum atomic E-state index is -0.885. The summed E-state index contributed by atoms with van der Waals surface area (Å²) in [5.74, 6) is -2.15. The highest BCUT2D eigenvalue weighted by Crippen LogP contribution is 2.38. The fraction of sp³-hybridized carbons (Fsp3) is 0.417. The van der Waals surface area contributed by atoms with Gasteiger partial charge in [0, 0.05) is 19.0 Å². The lowest BCUT2D eigenvalue weighted by molar-refractivity contribution is -0.384. The molecule has 108 valence electrons. The van der Waals surface area contributed by atoms with Crippen molar-refractivity contribution in [2.24, 2.45) is 11.8 Å². The fourth-order valence-corrected chi connectivity index (χ4v) is 2.48. The molecular formula is C12H12BrFN2O4. The molecule has 0 saturated carbocycles. The lowest BCUT2D eigenvalue weighted by Crippen LogP contribution is -2.51. The van der Waals surface area contributed by atoms with Gasteiger partial charge in [0.05, 0.1) is 21.4 Å². The number of carboxylic acid groups (broad SMARTS) is 1. The summed E-state index contributed by atoms with van der Waals surface area (Å²) in [6.45, 7) is 2.43. The molecule has 0 radical (unpaired) electrons. The summed E-state index contributed by atoms with van der Waals surface area (Å²) in [5, 5.41) is 19.9. The van der Waals surface area contributed by atoms with E-state index in [2.05, 4.69) is 15.9 Å². The average Bonchev–Trinajstić information content (AvgIpc) is 2.30. The molecule has 1 aliphatic heterocycles. The van der Waals surface area contributed by atoms with Crippen LogP contribution in [0.15, 0.2) is 16.6 Å². The van der Waals surface area contributed by atoms with Gasteiger partial charge in [-0.1, -0.05) is 6.92 Å². The third-order valence-corrected chi connectivity index (χ3v) is 4.17. The summed E-state index contributed by atoms with van der Waals surface area (Å²) >= 11 is 3.00. The second-order valence-electron chi connectivity index (χ2n) is 4.80. The number of benzene rings is 1. The molecule has 0 aromatic heterocycles. The predicted octanol–water partition coefficient (Wildman–Crippen LogP) is 2.65. The van der Waals surface area contributed by atoms with Crippen molar-refractivity contribution in [2.45, 2.75) is 6.92 Å². The Kier molecular flexibility index (Phi) is 3.94. The van der Waals surface area contributed by atoms with Gasteiger partial charge in [-0.25, -0.2) is 4.39 Å². The van der Waals surface area contributed by atoms with E-state index in [1.165, 1.54) is 6.07 Å². The van der Waals surface area contributed by atoms with Gasteiger partial charge in [0.15, 0.2) is 0 Å². The highest BCUT2D eigenvalue weighted by molar-refractivity contribution is 9.10. The zero-order valence-corrected chi connectivity index (χ0v) is 12.1. The van der Waals surface area contributed by atoms with Crippen LogP contribution in [-0.4, -0.2) is 29.1 Å². The Morgan fingerprint density at radius 3 is 2.70 bits per heavy atom. The maximum absolute atomic E-state index is 13.4. The van der Waals surface area contributed by atoms with E-state index in [0.29, 0.717) is 18.8 Å². The summed E-state index contributed by atoms with van der Waals surface area (Å²) in [6.07, 6.45) is 0. The quantitative estimate of drug-likeness (QED) is 0.669. The van der Waals surface area contributed by atoms with Crippen LogP contribution in [0.25, 0.3) is 0 Å². The van der Waals surface area contributed by atoms with Crippen molar-refractivity contribution >= 4 is 33.3 Å². The van der Waals surface area contributed by atoms with Crippen LogP contribution in [0.1, 0.15) is 6.92 Å². The molecule has 1 atom stereocenters. The third kappa shape index (κ3) is 2.60. The minimum absolute atomic E-state index is 0.0593. The number of hydrogen-bond acceptors (Lipinski definition) is 4. The number of rotatable bonds is 4. The second-order valence-corrected chi connectivity index (χ2v) is 5.66. The van der Waals surface area contributed by atoms with Gasteiger partial charge < -0.3 is 10.0 Å². The van der Waals surface area contributed by atoms with Crippen molar-refractivity contribution in [1.29, 1.82) is 0 Å². The van der Waals surface area contributed by atoms with Crippen LogP contribution in [0, 0.1) is 27.8 Å². The number of hydrogen-bond donors (Lipinski definition) is 1. The van der Waals surface area contributed by atoms with Crippen LogP contribution in [-0.2, 0) is 4.79 Å². The van der Waals surface area contributed by atoms with Crippen molar-refractivity contribution in [2.75, 3.05) is 18.0 Å². The number of carbonyl (C=O) groups is 1. The first-order valence-electron chi connectivity index (χ1n) is 5.92. The smallest absolute Gasteiger partial charge is 0.306 e. The molecule has 0 amide bonds. The second kappa shape index (κ2) is 5.35. The molecule has 8 heteroatoms. The highest BCUT2D eigenvalue weighted by atomic mass is 79.9. The molecule has 2 rings (SSSR count). The van der Waals surface area contributed by atoms with Gasteiger partial charge in [-0.2, -0.15) is 0 Å². The number of nitrogens with zero attached hydrogens (tertiary/aromatic N) is 2. The number of anilines is 1. The molecule has 0 bridgehead atoms. The van der Waals surface area contributed by atoms with Crippen LogP contribution < -0.4 is 4.90 Å². The van der Waals surface area contributed by atoms with Crippen LogP contribution in [0.5, 0.6) is 0 Å². The van der Waals surface area contributed by atoms with Crippen molar-refractivity contribution in [3.05, 3.63) is 32.5 Å². The Hall–Kier alpha value is -1.70. The largest absolute Gasteiger partial charge is 0.481 e. The number of carboxylic acids is 1. The van der Waals surface area contributed by atoms with E-state index in [4.69, 9.17) is 5.11 Å². The van der Waals surface area contributed by atoms with Crippen LogP contribution in [0.2, 0.25) is 0 Å². The molecule has 1 N–H and O–H groups in total. The molecule has 1 fully saturated rings. The Morgan fingerprint density at radius 2 is 2.20 bits per heavy atom. The van der Waals surface area contributed by atoms with Gasteiger partial charge in [0.25, 0.3) is 5.69 Å². The lowest BCUT2D eigenvalue weighted by atomic mass is 9.86. The van der Waals surface area contributed by atoms with Crippen molar-refractivity contribution in [1.82, 2.24) is 0 Å². The maximum atomic E-state index is 13.4. The molecule has 0 spiro atoms. The zero-order chi connectivity index (χ0) is 15.0. The van der Waals surface area contributed by atoms with E-state index < -0.39 is 22.6 Å². The van der Waals surface area contributed by atoms with E-state index >= 15 is 0 Å². The van der Waals surface area contributed by atoms with Crippen LogP contribution in [0.3, 0.4) is 0 Å². The summed E-state index contributed by atoms with van der Waals surface area (Å²) in [6, 6.07) is 2.22. The molecular weight excluding hydrogens is 335 g/mol. The van der Waals surface area contributed by atoms with Crippen LogP contribution >= 0.6 is 15.9 Å². The van der Waals surface area contributed by atoms with Gasteiger partial charge >= 0.3 is 5.97 Å². The molecule has 1 aromatic rings. The third-order valence-electron chi connectivity index (χ3n) is 3.56. The molecule has 1 heterocycles. The van der Waals surface area contributed by atoms with Gasteiger partial charge in [-0.3, -0.25) is 14.9 Å². The normalized spacial score (nSPS) is 16.6.